The molecule has 1 heterocycles. The van der Waals surface area contributed by atoms with Crippen molar-refractivity contribution in [2.75, 3.05) is 10.3 Å². The summed E-state index contributed by atoms with van der Waals surface area (Å²) in [7, 11) is 0. The number of halogens is 1. The minimum Gasteiger partial charge on any atom is -0.386 e. The van der Waals surface area contributed by atoms with Crippen LogP contribution in [0.3, 0.4) is 0 Å². The first-order valence-corrected chi connectivity index (χ1v) is 12.9. The highest BCUT2D eigenvalue weighted by atomic mass is 35.5. The Kier molecular flexibility index (Phi) is 7.02. The predicted molar refractivity (Wildman–Crippen MR) is 153 cm³/mol. The van der Waals surface area contributed by atoms with Crippen molar-refractivity contribution in [2.45, 2.75) is 38.7 Å². The van der Waals surface area contributed by atoms with E-state index in [1.807, 2.05) is 53.5 Å². The molecule has 1 aliphatic heterocycles. The van der Waals surface area contributed by atoms with Crippen LogP contribution in [0.2, 0.25) is 5.02 Å². The minimum atomic E-state index is -0.904. The lowest BCUT2D eigenvalue weighted by Gasteiger charge is -2.34. The number of carbonyl (C=O) groups excluding carboxylic acids is 2. The molecule has 0 fully saturated rings. The number of carbonyl (C=O) groups is 2. The average molecular weight is 526 g/mol. The van der Waals surface area contributed by atoms with E-state index >= 15 is 0 Å². The number of aryl methyl sites for hydroxylation is 1. The number of aliphatic hydroxyl groups is 1. The summed E-state index contributed by atoms with van der Waals surface area (Å²) in [6.45, 7) is 3.45. The SMILES string of the molecule is CC(C)(O)/C=C/c1ccc(N2N=C(C=O)CC3=C2c2cc(NC(=O)c4ccccc4Cl)ccc2CC3)cc1. The van der Waals surface area contributed by atoms with Gasteiger partial charge in [-0.15, -0.1) is 0 Å². The molecule has 3 aromatic rings. The molecule has 1 aliphatic carbocycles. The number of fused-ring (bicyclic) bond motifs is 2. The first-order chi connectivity index (χ1) is 18.2. The number of hydrazone groups is 1. The van der Waals surface area contributed by atoms with Gasteiger partial charge in [0.15, 0.2) is 6.29 Å². The number of hydrogen-bond donors (Lipinski definition) is 2. The third-order valence-corrected chi connectivity index (χ3v) is 6.89. The maximum absolute atomic E-state index is 12.9. The molecule has 0 atom stereocenters. The Labute approximate surface area is 226 Å². The molecule has 0 saturated carbocycles. The summed E-state index contributed by atoms with van der Waals surface area (Å²) in [5, 5.41) is 19.8. The van der Waals surface area contributed by atoms with Crippen molar-refractivity contribution in [3.05, 3.63) is 106 Å². The lowest BCUT2D eigenvalue weighted by molar-refractivity contribution is -0.102. The van der Waals surface area contributed by atoms with Crippen LogP contribution >= 0.6 is 11.6 Å². The first-order valence-electron chi connectivity index (χ1n) is 12.5. The maximum atomic E-state index is 12.9. The molecule has 192 valence electrons. The van der Waals surface area contributed by atoms with Crippen LogP contribution < -0.4 is 10.3 Å². The predicted octanol–water partition coefficient (Wildman–Crippen LogP) is 6.50. The van der Waals surface area contributed by atoms with Crippen molar-refractivity contribution in [2.24, 2.45) is 5.10 Å². The average Bonchev–Trinajstić information content (AvgIpc) is 2.91. The van der Waals surface area contributed by atoms with Gasteiger partial charge in [-0.05, 0) is 79.8 Å². The molecule has 6 nitrogen and oxygen atoms in total. The number of amides is 1. The second-order valence-corrected chi connectivity index (χ2v) is 10.4. The van der Waals surface area contributed by atoms with Gasteiger partial charge in [-0.2, -0.15) is 5.10 Å². The summed E-state index contributed by atoms with van der Waals surface area (Å²) < 4.78 is 0. The lowest BCUT2D eigenvalue weighted by Crippen LogP contribution is -2.28. The highest BCUT2D eigenvalue weighted by Crippen LogP contribution is 2.41. The highest BCUT2D eigenvalue weighted by molar-refractivity contribution is 6.34. The summed E-state index contributed by atoms with van der Waals surface area (Å²) in [6, 6.07) is 20.6. The van der Waals surface area contributed by atoms with E-state index in [-0.39, 0.29) is 5.91 Å². The van der Waals surface area contributed by atoms with Crippen LogP contribution in [0.25, 0.3) is 11.8 Å². The zero-order valence-electron chi connectivity index (χ0n) is 21.2. The van der Waals surface area contributed by atoms with Crippen LogP contribution in [-0.4, -0.2) is 28.6 Å². The van der Waals surface area contributed by atoms with Crippen LogP contribution in [0.1, 0.15) is 53.7 Å². The van der Waals surface area contributed by atoms with Crippen LogP contribution in [0, 0.1) is 0 Å². The number of anilines is 2. The van der Waals surface area contributed by atoms with Gasteiger partial charge in [-0.3, -0.25) is 9.59 Å². The maximum Gasteiger partial charge on any atom is 0.257 e. The standard InChI is InChI=1S/C31H28ClN3O3/c1-31(2,38)16-15-20-7-13-25(14-8-20)35-29-22(17-24(19-36)34-35)10-9-21-11-12-23(18-27(21)29)33-30(37)26-5-3-4-6-28(26)32/h3-8,11-16,18-19,38H,9-10,17H2,1-2H3,(H,33,37)/b16-15+. The Hall–Kier alpha value is -4.00. The fraction of sp³-hybridized carbons (Fsp3) is 0.194. The van der Waals surface area contributed by atoms with Gasteiger partial charge in [-0.25, -0.2) is 5.01 Å². The van der Waals surface area contributed by atoms with Crippen molar-refractivity contribution in [3.63, 3.8) is 0 Å². The number of nitrogens with one attached hydrogen (secondary N) is 1. The molecule has 3 aromatic carbocycles. The van der Waals surface area contributed by atoms with E-state index in [1.54, 1.807) is 44.2 Å². The summed E-state index contributed by atoms with van der Waals surface area (Å²) >= 11 is 6.22. The van der Waals surface area contributed by atoms with Crippen molar-refractivity contribution in [3.8, 4) is 0 Å². The highest BCUT2D eigenvalue weighted by Gasteiger charge is 2.29. The molecule has 0 bridgehead atoms. The molecule has 2 N–H and O–H groups in total. The smallest absolute Gasteiger partial charge is 0.257 e. The topological polar surface area (TPSA) is 82.0 Å². The van der Waals surface area contributed by atoms with Gasteiger partial charge in [0.05, 0.1) is 27.6 Å². The van der Waals surface area contributed by atoms with E-state index in [0.29, 0.717) is 28.4 Å². The van der Waals surface area contributed by atoms with Crippen LogP contribution in [0.5, 0.6) is 0 Å². The number of aldehydes is 1. The Balaban J connectivity index is 1.50. The molecule has 7 heteroatoms. The monoisotopic (exact) mass is 525 g/mol. The fourth-order valence-electron chi connectivity index (χ4n) is 4.68. The van der Waals surface area contributed by atoms with Gasteiger partial charge in [0.25, 0.3) is 5.91 Å². The van der Waals surface area contributed by atoms with Crippen molar-refractivity contribution in [1.82, 2.24) is 0 Å². The van der Waals surface area contributed by atoms with E-state index in [1.165, 1.54) is 0 Å². The van der Waals surface area contributed by atoms with Crippen LogP contribution in [0.15, 0.2) is 83.5 Å². The van der Waals surface area contributed by atoms with Gasteiger partial charge in [0.1, 0.15) is 5.71 Å². The zero-order chi connectivity index (χ0) is 26.9. The second-order valence-electron chi connectivity index (χ2n) is 10.0. The van der Waals surface area contributed by atoms with Crippen molar-refractivity contribution in [1.29, 1.82) is 0 Å². The third-order valence-electron chi connectivity index (χ3n) is 6.56. The molecule has 0 aromatic heterocycles. The van der Waals surface area contributed by atoms with Crippen LogP contribution in [0.4, 0.5) is 11.4 Å². The molecule has 0 unspecified atom stereocenters. The quantitative estimate of drug-likeness (QED) is 0.360. The Morgan fingerprint density at radius 1 is 1.08 bits per heavy atom. The molecule has 0 saturated heterocycles. The van der Waals surface area contributed by atoms with E-state index < -0.39 is 5.60 Å². The largest absolute Gasteiger partial charge is 0.386 e. The van der Waals surface area contributed by atoms with E-state index in [4.69, 9.17) is 11.6 Å². The molecule has 0 spiro atoms. The number of hydrogen-bond acceptors (Lipinski definition) is 5. The molecular formula is C31H28ClN3O3. The first kappa shape index (κ1) is 25.6. The Morgan fingerprint density at radius 3 is 2.55 bits per heavy atom. The molecule has 2 aliphatic rings. The summed E-state index contributed by atoms with van der Waals surface area (Å²) in [4.78, 5) is 24.7. The van der Waals surface area contributed by atoms with E-state index in [9.17, 15) is 14.7 Å². The third kappa shape index (κ3) is 5.47. The number of benzene rings is 3. The molecule has 1 amide bonds. The fourth-order valence-corrected chi connectivity index (χ4v) is 4.90. The van der Waals surface area contributed by atoms with Gasteiger partial charge in [0.2, 0.25) is 0 Å². The van der Waals surface area contributed by atoms with Crippen LogP contribution in [-0.2, 0) is 11.2 Å². The van der Waals surface area contributed by atoms with Gasteiger partial charge < -0.3 is 10.4 Å². The molecule has 5 rings (SSSR count). The minimum absolute atomic E-state index is 0.281. The molecular weight excluding hydrogens is 498 g/mol. The normalized spacial score (nSPS) is 15.2. The Bertz CT molecular complexity index is 1500. The summed E-state index contributed by atoms with van der Waals surface area (Å²) in [6.07, 6.45) is 6.58. The van der Waals surface area contributed by atoms with Crippen molar-refractivity contribution < 1.29 is 14.7 Å². The molecule has 0 radical (unpaired) electrons. The molecule has 38 heavy (non-hydrogen) atoms. The van der Waals surface area contributed by atoms with E-state index in [0.717, 1.165) is 52.8 Å². The van der Waals surface area contributed by atoms with Gasteiger partial charge >= 0.3 is 0 Å². The van der Waals surface area contributed by atoms with Crippen molar-refractivity contribution >= 4 is 52.7 Å². The number of rotatable bonds is 6. The Morgan fingerprint density at radius 2 is 1.84 bits per heavy atom. The zero-order valence-corrected chi connectivity index (χ0v) is 22.0. The lowest BCUT2D eigenvalue weighted by atomic mass is 9.85. The summed E-state index contributed by atoms with van der Waals surface area (Å²) in [5.41, 5.74) is 6.58. The number of allylic oxidation sites excluding steroid dienone is 1. The van der Waals surface area contributed by atoms with E-state index in [2.05, 4.69) is 10.4 Å². The number of nitrogens with zero attached hydrogens (tertiary/aromatic N) is 2. The van der Waals surface area contributed by atoms with Gasteiger partial charge in [0, 0.05) is 17.7 Å². The second kappa shape index (κ2) is 10.4. The summed E-state index contributed by atoms with van der Waals surface area (Å²) in [5.74, 6) is -0.281. The van der Waals surface area contributed by atoms with Gasteiger partial charge in [-0.1, -0.05) is 54.1 Å².